The molecular weight excluding hydrogens is 665 g/mol. The molecule has 2 aromatic carbocycles. The van der Waals surface area contributed by atoms with Crippen LogP contribution in [0.4, 0.5) is 26.3 Å². The van der Waals surface area contributed by atoms with E-state index in [4.69, 9.17) is 32.2 Å². The summed E-state index contributed by atoms with van der Waals surface area (Å²) < 4.78 is 92.9. The van der Waals surface area contributed by atoms with Gasteiger partial charge < -0.3 is 8.95 Å². The second-order valence-corrected chi connectivity index (χ2v) is 17.4. The highest BCUT2D eigenvalue weighted by Crippen LogP contribution is 2.39. The lowest BCUT2D eigenvalue weighted by Gasteiger charge is -2.36. The van der Waals surface area contributed by atoms with Crippen molar-refractivity contribution < 1.29 is 40.1 Å². The first-order valence-corrected chi connectivity index (χ1v) is 17.2. The minimum absolute atomic E-state index is 0.0138. The van der Waals surface area contributed by atoms with Crippen LogP contribution >= 0.6 is 23.2 Å². The van der Waals surface area contributed by atoms with E-state index in [0.29, 0.717) is 17.7 Å². The van der Waals surface area contributed by atoms with Gasteiger partial charge in [-0.15, -0.1) is 5.10 Å². The predicted molar refractivity (Wildman–Crippen MR) is 158 cm³/mol. The Morgan fingerprint density at radius 3 is 2.13 bits per heavy atom. The number of hydrogen-bond acceptors (Lipinski definition) is 6. The van der Waals surface area contributed by atoms with Gasteiger partial charge in [0.05, 0.1) is 28.3 Å². The van der Waals surface area contributed by atoms with E-state index < -0.39 is 60.5 Å². The molecule has 7 nitrogen and oxygen atoms in total. The number of aromatic nitrogens is 4. The maximum absolute atomic E-state index is 13.9. The summed E-state index contributed by atoms with van der Waals surface area (Å²) in [4.78, 5) is 13.9. The van der Waals surface area contributed by atoms with E-state index >= 15 is 0 Å². The lowest BCUT2D eigenvalue weighted by molar-refractivity contribution is -0.143. The molecule has 0 aliphatic carbocycles. The zero-order valence-electron chi connectivity index (χ0n) is 24.7. The zero-order chi connectivity index (χ0) is 33.5. The number of carbonyl (C=O) groups excluding carboxylic acids is 1. The quantitative estimate of drug-likeness (QED) is 0.0989. The van der Waals surface area contributed by atoms with Crippen LogP contribution < -0.4 is 0 Å². The fourth-order valence-electron chi connectivity index (χ4n) is 4.12. The molecule has 242 valence electrons. The van der Waals surface area contributed by atoms with E-state index in [2.05, 4.69) is 49.3 Å². The van der Waals surface area contributed by atoms with Crippen LogP contribution in [0, 0.1) is 0 Å². The van der Waals surface area contributed by atoms with Crippen molar-refractivity contribution in [3.05, 3.63) is 86.3 Å². The third kappa shape index (κ3) is 7.62. The number of alkyl halides is 6. The van der Waals surface area contributed by atoms with Gasteiger partial charge in [-0.3, -0.25) is 4.79 Å². The summed E-state index contributed by atoms with van der Waals surface area (Å²) in [6, 6.07) is 7.68. The highest BCUT2D eigenvalue weighted by molar-refractivity contribution is 6.74. The molecular formula is C29H28Cl2F6N4O3Si. The first kappa shape index (κ1) is 34.7. The smallest absolute Gasteiger partial charge is 0.416 e. The molecule has 0 bridgehead atoms. The zero-order valence-corrected chi connectivity index (χ0v) is 27.2. The Kier molecular flexibility index (Phi) is 9.66. The molecule has 0 aliphatic rings. The summed E-state index contributed by atoms with van der Waals surface area (Å²) >= 11 is 12.8. The monoisotopic (exact) mass is 692 g/mol. The van der Waals surface area contributed by atoms with E-state index in [9.17, 15) is 31.1 Å². The molecule has 0 aliphatic heterocycles. The molecule has 0 atom stereocenters. The van der Waals surface area contributed by atoms with Crippen LogP contribution in [0.25, 0.3) is 11.3 Å². The van der Waals surface area contributed by atoms with Crippen LogP contribution in [0.15, 0.2) is 47.0 Å². The number of nitrogens with zero attached hydrogens (tertiary/aromatic N) is 4. The maximum Gasteiger partial charge on any atom is 0.416 e. The van der Waals surface area contributed by atoms with Crippen molar-refractivity contribution in [1.29, 1.82) is 0 Å². The van der Waals surface area contributed by atoms with Gasteiger partial charge in [0.1, 0.15) is 5.69 Å². The van der Waals surface area contributed by atoms with Crippen molar-refractivity contribution >= 4 is 37.3 Å². The molecule has 0 fully saturated rings. The van der Waals surface area contributed by atoms with Crippen molar-refractivity contribution in [2.45, 2.75) is 64.2 Å². The Hall–Kier alpha value is -3.20. The summed E-state index contributed by atoms with van der Waals surface area (Å²) in [7, 11) is -2.16. The molecule has 0 radical (unpaired) electrons. The molecule has 4 rings (SSSR count). The van der Waals surface area contributed by atoms with Crippen molar-refractivity contribution in [3.8, 4) is 11.3 Å². The number of benzene rings is 2. The fraction of sp³-hybridized carbons (Fsp3) is 0.379. The minimum Gasteiger partial charge on any atom is -0.416 e. The molecule has 2 aromatic heterocycles. The average Bonchev–Trinajstić information content (AvgIpc) is 3.50. The van der Waals surface area contributed by atoms with Gasteiger partial charge in [-0.1, -0.05) is 72.5 Å². The first-order chi connectivity index (χ1) is 20.7. The number of carbonyl (C=O) groups is 1. The van der Waals surface area contributed by atoms with Gasteiger partial charge in [-0.25, -0.2) is 4.68 Å². The van der Waals surface area contributed by atoms with Crippen LogP contribution in [-0.2, 0) is 29.7 Å². The largest absolute Gasteiger partial charge is 0.416 e. The number of ketones is 1. The van der Waals surface area contributed by atoms with E-state index in [-0.39, 0.29) is 46.2 Å². The van der Waals surface area contributed by atoms with E-state index in [1.165, 1.54) is 0 Å². The standard InChI is InChI=1S/C29H28Cl2F6N4O3Si/c1-27(2,3)45(4,5)43-11-10-21-22(23(39-44-21)19-8-6-7-9-20(19)30)25(42)24-26(31)41(40-38-24)15-16-12-17(28(32,33)34)14-18(13-16)29(35,36)37/h6-9,12-14H,10-11,15H2,1-5H3. The normalized spacial score (nSPS) is 13.0. The third-order valence-electron chi connectivity index (χ3n) is 7.59. The van der Waals surface area contributed by atoms with Gasteiger partial charge in [0.15, 0.2) is 24.9 Å². The molecule has 2 heterocycles. The molecule has 0 amide bonds. The molecule has 0 unspecified atom stereocenters. The number of halogens is 8. The van der Waals surface area contributed by atoms with Crippen molar-refractivity contribution in [3.63, 3.8) is 0 Å². The molecule has 16 heteroatoms. The fourth-order valence-corrected chi connectivity index (χ4v) is 5.61. The average molecular weight is 694 g/mol. The maximum atomic E-state index is 13.9. The highest BCUT2D eigenvalue weighted by Gasteiger charge is 2.39. The number of hydrogen-bond donors (Lipinski definition) is 0. The Morgan fingerprint density at radius 1 is 0.978 bits per heavy atom. The second kappa shape index (κ2) is 12.5. The minimum atomic E-state index is -5.04. The van der Waals surface area contributed by atoms with Gasteiger partial charge in [0.2, 0.25) is 5.78 Å². The Balaban J connectivity index is 1.72. The Labute approximate surface area is 265 Å². The Morgan fingerprint density at radius 2 is 1.58 bits per heavy atom. The van der Waals surface area contributed by atoms with Crippen molar-refractivity contribution in [2.24, 2.45) is 0 Å². The van der Waals surface area contributed by atoms with Crippen LogP contribution in [0.2, 0.25) is 28.3 Å². The van der Waals surface area contributed by atoms with E-state index in [1.54, 1.807) is 24.3 Å². The van der Waals surface area contributed by atoms with Crippen LogP contribution in [0.1, 0.15) is 59.3 Å². The van der Waals surface area contributed by atoms with Gasteiger partial charge in [0.25, 0.3) is 0 Å². The molecule has 0 spiro atoms. The van der Waals surface area contributed by atoms with Crippen LogP contribution in [0.5, 0.6) is 0 Å². The SMILES string of the molecule is CC(C)(C)[Si](C)(C)OCCc1onc(-c2ccccc2Cl)c1C(=O)c1nnn(Cc2cc(C(F)(F)F)cc(C(F)(F)F)c2)c1Cl. The molecule has 45 heavy (non-hydrogen) atoms. The molecule has 0 N–H and O–H groups in total. The molecule has 0 saturated carbocycles. The lowest BCUT2D eigenvalue weighted by Crippen LogP contribution is -2.41. The van der Waals surface area contributed by atoms with Gasteiger partial charge in [0, 0.05) is 18.6 Å². The lowest BCUT2D eigenvalue weighted by atomic mass is 10.00. The second-order valence-electron chi connectivity index (χ2n) is 11.8. The first-order valence-electron chi connectivity index (χ1n) is 13.5. The van der Waals surface area contributed by atoms with E-state index in [1.807, 2.05) is 0 Å². The molecule has 4 aromatic rings. The summed E-state index contributed by atoms with van der Waals surface area (Å²) in [5, 5.41) is 11.4. The highest BCUT2D eigenvalue weighted by atomic mass is 35.5. The van der Waals surface area contributed by atoms with Crippen LogP contribution in [0.3, 0.4) is 0 Å². The summed E-state index contributed by atoms with van der Waals surface area (Å²) in [5.41, 5.74) is -3.40. The summed E-state index contributed by atoms with van der Waals surface area (Å²) in [6.45, 7) is 9.92. The van der Waals surface area contributed by atoms with Gasteiger partial charge >= 0.3 is 12.4 Å². The molecule has 0 saturated heterocycles. The third-order valence-corrected chi connectivity index (χ3v) is 12.8. The predicted octanol–water partition coefficient (Wildman–Crippen LogP) is 9.12. The van der Waals surface area contributed by atoms with Crippen molar-refractivity contribution in [2.75, 3.05) is 6.61 Å². The summed E-state index contributed by atoms with van der Waals surface area (Å²) in [5.74, 6) is -0.642. The summed E-state index contributed by atoms with van der Waals surface area (Å²) in [6.07, 6.45) is -9.95. The Bertz CT molecular complexity index is 1680. The van der Waals surface area contributed by atoms with Gasteiger partial charge in [-0.2, -0.15) is 26.3 Å². The van der Waals surface area contributed by atoms with Crippen LogP contribution in [-0.4, -0.2) is 40.9 Å². The topological polar surface area (TPSA) is 83.0 Å². The van der Waals surface area contributed by atoms with Gasteiger partial charge in [-0.05, 0) is 48.0 Å². The van der Waals surface area contributed by atoms with E-state index in [0.717, 1.165) is 4.68 Å². The van der Waals surface area contributed by atoms with Crippen molar-refractivity contribution in [1.82, 2.24) is 20.2 Å². The number of rotatable bonds is 9.